The highest BCUT2D eigenvalue weighted by Gasteiger charge is 2.15. The van der Waals surface area contributed by atoms with Crippen LogP contribution in [0.15, 0.2) is 45.8 Å². The van der Waals surface area contributed by atoms with Gasteiger partial charge in [-0.1, -0.05) is 0 Å². The second kappa shape index (κ2) is 7.36. The van der Waals surface area contributed by atoms with Gasteiger partial charge in [0.15, 0.2) is 5.88 Å². The largest absolute Gasteiger partial charge is 0.440 e. The molecule has 0 aliphatic carbocycles. The van der Waals surface area contributed by atoms with E-state index in [1.807, 2.05) is 12.1 Å². The molecule has 4 heteroatoms. The quantitative estimate of drug-likeness (QED) is 0.737. The van der Waals surface area contributed by atoms with E-state index in [1.54, 1.807) is 6.21 Å². The molecule has 0 bridgehead atoms. The molecule has 0 unspecified atom stereocenters. The summed E-state index contributed by atoms with van der Waals surface area (Å²) >= 11 is 0. The minimum Gasteiger partial charge on any atom is -0.440 e. The Morgan fingerprint density at radius 2 is 1.74 bits per heavy atom. The summed E-state index contributed by atoms with van der Waals surface area (Å²) < 4.78 is 5.85. The van der Waals surface area contributed by atoms with Gasteiger partial charge in [-0.25, -0.2) is 0 Å². The van der Waals surface area contributed by atoms with E-state index in [0.717, 1.165) is 43.5 Å². The molecule has 2 heterocycles. The van der Waals surface area contributed by atoms with E-state index in [1.165, 1.54) is 18.5 Å². The van der Waals surface area contributed by atoms with Gasteiger partial charge in [0, 0.05) is 37.9 Å². The number of benzene rings is 1. The molecule has 0 atom stereocenters. The Balaban J connectivity index is 1.65. The minimum atomic E-state index is 0.805. The molecule has 0 amide bonds. The third-order valence-corrected chi connectivity index (χ3v) is 4.35. The summed E-state index contributed by atoms with van der Waals surface area (Å²) in [6.45, 7) is 8.57. The predicted molar refractivity (Wildman–Crippen MR) is 97.4 cm³/mol. The molecule has 0 N–H and O–H groups in total. The maximum Gasteiger partial charge on any atom is 0.196 e. The van der Waals surface area contributed by atoms with Gasteiger partial charge in [0.2, 0.25) is 0 Å². The second-order valence-electron chi connectivity index (χ2n) is 5.82. The van der Waals surface area contributed by atoms with Gasteiger partial charge in [0.1, 0.15) is 5.76 Å². The lowest BCUT2D eigenvalue weighted by Gasteiger charge is -2.20. The average Bonchev–Trinajstić information content (AvgIpc) is 3.26. The van der Waals surface area contributed by atoms with Crippen molar-refractivity contribution in [3.8, 4) is 0 Å². The van der Waals surface area contributed by atoms with Gasteiger partial charge in [-0.2, -0.15) is 0 Å². The van der Waals surface area contributed by atoms with Gasteiger partial charge in [-0.3, -0.25) is 4.99 Å². The molecular weight excluding hydrogens is 286 g/mol. The van der Waals surface area contributed by atoms with Crippen LogP contribution in [0.25, 0.3) is 0 Å². The molecule has 1 aromatic heterocycles. The highest BCUT2D eigenvalue weighted by molar-refractivity contribution is 5.79. The minimum absolute atomic E-state index is 0.805. The number of anilines is 2. The van der Waals surface area contributed by atoms with Crippen LogP contribution in [0, 0.1) is 0 Å². The summed E-state index contributed by atoms with van der Waals surface area (Å²) in [4.78, 5) is 9.12. The highest BCUT2D eigenvalue weighted by Crippen LogP contribution is 2.23. The van der Waals surface area contributed by atoms with Crippen LogP contribution in [-0.4, -0.2) is 32.4 Å². The third kappa shape index (κ3) is 3.76. The molecule has 1 aliphatic heterocycles. The van der Waals surface area contributed by atoms with Crippen molar-refractivity contribution in [1.82, 2.24) is 0 Å². The van der Waals surface area contributed by atoms with Crippen molar-refractivity contribution in [1.29, 1.82) is 0 Å². The van der Waals surface area contributed by atoms with E-state index in [-0.39, 0.29) is 0 Å². The van der Waals surface area contributed by atoms with Crippen molar-refractivity contribution in [3.05, 3.63) is 42.2 Å². The maximum absolute atomic E-state index is 5.85. The summed E-state index contributed by atoms with van der Waals surface area (Å²) in [6, 6.07) is 12.4. The highest BCUT2D eigenvalue weighted by atomic mass is 16.4. The molecule has 2 aromatic rings. The molecule has 23 heavy (non-hydrogen) atoms. The number of furan rings is 1. The van der Waals surface area contributed by atoms with Crippen LogP contribution in [0.3, 0.4) is 0 Å². The van der Waals surface area contributed by atoms with E-state index >= 15 is 0 Å². The van der Waals surface area contributed by atoms with Crippen LogP contribution < -0.4 is 9.80 Å². The van der Waals surface area contributed by atoms with Crippen molar-refractivity contribution in [2.75, 3.05) is 36.0 Å². The van der Waals surface area contributed by atoms with Crippen LogP contribution in [0.1, 0.15) is 32.4 Å². The Morgan fingerprint density at radius 1 is 1.04 bits per heavy atom. The average molecular weight is 311 g/mol. The van der Waals surface area contributed by atoms with Crippen LogP contribution in [0.4, 0.5) is 17.3 Å². The topological polar surface area (TPSA) is 32.0 Å². The first-order valence-electron chi connectivity index (χ1n) is 8.54. The fraction of sp³-hybridized carbons (Fsp3) is 0.421. The van der Waals surface area contributed by atoms with Crippen molar-refractivity contribution in [3.63, 3.8) is 0 Å². The van der Waals surface area contributed by atoms with Crippen LogP contribution in [0.5, 0.6) is 0 Å². The Morgan fingerprint density at radius 3 is 2.39 bits per heavy atom. The Bertz CT molecular complexity index is 635. The summed E-state index contributed by atoms with van der Waals surface area (Å²) in [6.07, 6.45) is 4.30. The van der Waals surface area contributed by atoms with Gasteiger partial charge in [0.25, 0.3) is 0 Å². The van der Waals surface area contributed by atoms with E-state index in [0.29, 0.717) is 0 Å². The number of aliphatic imine (C=N–C) groups is 1. The van der Waals surface area contributed by atoms with Gasteiger partial charge >= 0.3 is 0 Å². The summed E-state index contributed by atoms with van der Waals surface area (Å²) in [5, 5.41) is 0. The monoisotopic (exact) mass is 311 g/mol. The molecule has 0 spiro atoms. The summed E-state index contributed by atoms with van der Waals surface area (Å²) in [5.74, 6) is 1.76. The Kier molecular flexibility index (Phi) is 5.01. The van der Waals surface area contributed by atoms with Gasteiger partial charge in [-0.05, 0) is 57.0 Å². The fourth-order valence-corrected chi connectivity index (χ4v) is 3.00. The maximum atomic E-state index is 5.85. The fourth-order valence-electron chi connectivity index (χ4n) is 3.00. The molecule has 1 aliphatic rings. The number of rotatable bonds is 6. The molecule has 1 fully saturated rings. The zero-order valence-corrected chi connectivity index (χ0v) is 14.0. The molecule has 0 radical (unpaired) electrons. The van der Waals surface area contributed by atoms with Crippen molar-refractivity contribution in [2.24, 2.45) is 4.99 Å². The Labute approximate surface area is 138 Å². The van der Waals surface area contributed by atoms with Crippen molar-refractivity contribution >= 4 is 23.5 Å². The van der Waals surface area contributed by atoms with Crippen LogP contribution in [0.2, 0.25) is 0 Å². The molecule has 1 saturated heterocycles. The molecule has 122 valence electrons. The zero-order chi connectivity index (χ0) is 16.1. The van der Waals surface area contributed by atoms with E-state index < -0.39 is 0 Å². The standard InChI is InChI=1S/C19H25N3O/c1-3-21(4-2)17-9-7-16(8-10-17)20-15-18-11-12-19(23-18)22-13-5-6-14-22/h7-12,15H,3-6,13-14H2,1-2H3. The van der Waals surface area contributed by atoms with Crippen LogP contribution in [-0.2, 0) is 0 Å². The number of hydrogen-bond donors (Lipinski definition) is 0. The van der Waals surface area contributed by atoms with E-state index in [9.17, 15) is 0 Å². The number of nitrogens with zero attached hydrogens (tertiary/aromatic N) is 3. The SMILES string of the molecule is CCN(CC)c1ccc(N=Cc2ccc(N3CCCC3)o2)cc1. The first-order chi connectivity index (χ1) is 11.3. The molecular formula is C19H25N3O. The Hall–Kier alpha value is -2.23. The summed E-state index contributed by atoms with van der Waals surface area (Å²) in [5.41, 5.74) is 2.18. The number of hydrogen-bond acceptors (Lipinski definition) is 4. The van der Waals surface area contributed by atoms with Gasteiger partial charge in [0.05, 0.1) is 11.9 Å². The first-order valence-corrected chi connectivity index (χ1v) is 8.54. The van der Waals surface area contributed by atoms with Crippen molar-refractivity contribution in [2.45, 2.75) is 26.7 Å². The molecule has 0 saturated carbocycles. The molecule has 3 rings (SSSR count). The van der Waals surface area contributed by atoms with Crippen LogP contribution >= 0.6 is 0 Å². The molecule has 1 aromatic carbocycles. The first kappa shape index (κ1) is 15.7. The lowest BCUT2D eigenvalue weighted by atomic mass is 10.2. The lowest BCUT2D eigenvalue weighted by Crippen LogP contribution is -2.21. The normalized spacial score (nSPS) is 14.8. The molecule has 4 nitrogen and oxygen atoms in total. The van der Waals surface area contributed by atoms with E-state index in [4.69, 9.17) is 4.42 Å². The van der Waals surface area contributed by atoms with Crippen molar-refractivity contribution < 1.29 is 4.42 Å². The predicted octanol–water partition coefficient (Wildman–Crippen LogP) is 4.48. The van der Waals surface area contributed by atoms with E-state index in [2.05, 4.69) is 52.9 Å². The third-order valence-electron chi connectivity index (χ3n) is 4.35. The van der Waals surface area contributed by atoms with Gasteiger partial charge in [-0.15, -0.1) is 0 Å². The summed E-state index contributed by atoms with van der Waals surface area (Å²) in [7, 11) is 0. The van der Waals surface area contributed by atoms with Gasteiger partial charge < -0.3 is 14.2 Å². The smallest absolute Gasteiger partial charge is 0.196 e. The second-order valence-corrected chi connectivity index (χ2v) is 5.82. The lowest BCUT2D eigenvalue weighted by molar-refractivity contribution is 0.550. The zero-order valence-electron chi connectivity index (χ0n) is 14.0.